The molecule has 12 heteroatoms. The van der Waals surface area contributed by atoms with Crippen molar-refractivity contribution in [2.24, 2.45) is 0 Å². The van der Waals surface area contributed by atoms with Crippen LogP contribution in [0.1, 0.15) is 52.3 Å². The predicted molar refractivity (Wildman–Crippen MR) is 155 cm³/mol. The summed E-state index contributed by atoms with van der Waals surface area (Å²) in [6, 6.07) is 12.8. The van der Waals surface area contributed by atoms with Crippen LogP contribution >= 0.6 is 0 Å². The summed E-state index contributed by atoms with van der Waals surface area (Å²) in [6.07, 6.45) is 2.90. The highest BCUT2D eigenvalue weighted by atomic mass is 16.5. The molecule has 0 spiro atoms. The van der Waals surface area contributed by atoms with E-state index >= 15 is 0 Å². The fraction of sp³-hybridized carbons (Fsp3) is 0.355. The minimum Gasteiger partial charge on any atom is -0.493 e. The number of furan rings is 1. The molecule has 0 aliphatic carbocycles. The van der Waals surface area contributed by atoms with Crippen molar-refractivity contribution in [1.82, 2.24) is 10.6 Å². The Morgan fingerprint density at radius 2 is 1.77 bits per heavy atom. The number of anilines is 1. The lowest BCUT2D eigenvalue weighted by atomic mass is 10.0. The average molecular weight is 594 g/mol. The van der Waals surface area contributed by atoms with E-state index in [1.165, 1.54) is 43.6 Å². The van der Waals surface area contributed by atoms with Crippen molar-refractivity contribution in [2.75, 3.05) is 45.4 Å². The molecule has 43 heavy (non-hydrogen) atoms. The quantitative estimate of drug-likeness (QED) is 0.285. The first-order valence-electron chi connectivity index (χ1n) is 13.9. The molecule has 3 amide bonds. The van der Waals surface area contributed by atoms with E-state index in [9.17, 15) is 19.2 Å². The monoisotopic (exact) mass is 593 g/mol. The van der Waals surface area contributed by atoms with Gasteiger partial charge in [-0.2, -0.15) is 0 Å². The van der Waals surface area contributed by atoms with Gasteiger partial charge in [0.2, 0.25) is 11.8 Å². The molecule has 2 heterocycles. The lowest BCUT2D eigenvalue weighted by molar-refractivity contribution is -0.126. The highest BCUT2D eigenvalue weighted by Gasteiger charge is 2.34. The van der Waals surface area contributed by atoms with Crippen LogP contribution in [-0.2, 0) is 19.1 Å². The second-order valence-corrected chi connectivity index (χ2v) is 9.59. The maximum absolute atomic E-state index is 13.9. The minimum absolute atomic E-state index is 0.0314. The molecule has 228 valence electrons. The molecule has 1 aliphatic rings. The topological polar surface area (TPSA) is 146 Å². The highest BCUT2D eigenvalue weighted by molar-refractivity contribution is 6.04. The van der Waals surface area contributed by atoms with Crippen LogP contribution in [0.4, 0.5) is 5.69 Å². The Hall–Kier alpha value is -4.84. The Bertz CT molecular complexity index is 1400. The number of esters is 1. The molecule has 0 radical (unpaired) electrons. The number of rotatable bonds is 13. The third kappa shape index (κ3) is 7.72. The molecule has 2 aromatic carbocycles. The van der Waals surface area contributed by atoms with Crippen molar-refractivity contribution < 1.29 is 42.5 Å². The van der Waals surface area contributed by atoms with E-state index in [1.807, 2.05) is 0 Å². The smallest absolute Gasteiger partial charge is 0.338 e. The number of hydrogen-bond donors (Lipinski definition) is 2. The van der Waals surface area contributed by atoms with Gasteiger partial charge in [0.15, 0.2) is 17.3 Å². The second kappa shape index (κ2) is 14.9. The van der Waals surface area contributed by atoms with Crippen molar-refractivity contribution in [1.29, 1.82) is 0 Å². The van der Waals surface area contributed by atoms with Crippen LogP contribution in [0.25, 0.3) is 0 Å². The Kier molecular flexibility index (Phi) is 10.8. The zero-order chi connectivity index (χ0) is 30.8. The van der Waals surface area contributed by atoms with Gasteiger partial charge in [-0.15, -0.1) is 0 Å². The Balaban J connectivity index is 1.73. The van der Waals surface area contributed by atoms with Crippen LogP contribution in [0.3, 0.4) is 0 Å². The van der Waals surface area contributed by atoms with Crippen LogP contribution in [-0.4, -0.2) is 70.3 Å². The van der Waals surface area contributed by atoms with Crippen LogP contribution in [0.2, 0.25) is 0 Å². The summed E-state index contributed by atoms with van der Waals surface area (Å²) in [6.45, 7) is 2.32. The first-order chi connectivity index (χ1) is 20.9. The molecular weight excluding hydrogens is 558 g/mol. The first kappa shape index (κ1) is 31.1. The van der Waals surface area contributed by atoms with E-state index in [0.29, 0.717) is 29.4 Å². The van der Waals surface area contributed by atoms with Crippen molar-refractivity contribution in [3.05, 3.63) is 77.7 Å². The largest absolute Gasteiger partial charge is 0.493 e. The maximum atomic E-state index is 13.9. The number of ether oxygens (including phenoxy) is 4. The normalized spacial score (nSPS) is 14.8. The molecule has 0 unspecified atom stereocenters. The summed E-state index contributed by atoms with van der Waals surface area (Å²) in [5, 5.41) is 5.47. The third-order valence-electron chi connectivity index (χ3n) is 6.83. The molecule has 3 aromatic rings. The predicted octanol–water partition coefficient (Wildman–Crippen LogP) is 3.27. The molecule has 12 nitrogen and oxygen atoms in total. The SMILES string of the molecule is CCOC(=O)c1ccc(N(C(=O)CNC(=O)c2ccco2)[C@@H](C(=O)NC[C@@H]2CCCO2)c2ccc(OC)c(OC)c2)cc1. The van der Waals surface area contributed by atoms with Gasteiger partial charge in [-0.05, 0) is 73.9 Å². The summed E-state index contributed by atoms with van der Waals surface area (Å²) in [4.78, 5) is 54.0. The van der Waals surface area contributed by atoms with Crippen molar-refractivity contribution in [3.8, 4) is 11.5 Å². The number of carbonyl (C=O) groups excluding carboxylic acids is 4. The molecule has 0 saturated carbocycles. The van der Waals surface area contributed by atoms with Crippen molar-refractivity contribution in [3.63, 3.8) is 0 Å². The summed E-state index contributed by atoms with van der Waals surface area (Å²) in [5.41, 5.74) is 0.995. The van der Waals surface area contributed by atoms with Gasteiger partial charge in [-0.3, -0.25) is 19.3 Å². The molecule has 1 aromatic heterocycles. The van der Waals surface area contributed by atoms with Crippen LogP contribution in [0.5, 0.6) is 11.5 Å². The third-order valence-corrected chi connectivity index (χ3v) is 6.83. The molecule has 1 fully saturated rings. The lowest BCUT2D eigenvalue weighted by Gasteiger charge is -2.32. The lowest BCUT2D eigenvalue weighted by Crippen LogP contribution is -2.48. The van der Waals surface area contributed by atoms with Crippen molar-refractivity contribution >= 4 is 29.4 Å². The van der Waals surface area contributed by atoms with E-state index in [0.717, 1.165) is 12.8 Å². The minimum atomic E-state index is -1.21. The van der Waals surface area contributed by atoms with E-state index in [1.54, 1.807) is 43.3 Å². The molecule has 0 bridgehead atoms. The highest BCUT2D eigenvalue weighted by Crippen LogP contribution is 2.34. The maximum Gasteiger partial charge on any atom is 0.338 e. The van der Waals surface area contributed by atoms with Crippen LogP contribution in [0.15, 0.2) is 65.3 Å². The number of carbonyl (C=O) groups is 4. The molecule has 1 aliphatic heterocycles. The van der Waals surface area contributed by atoms with E-state index < -0.39 is 36.3 Å². The van der Waals surface area contributed by atoms with Gasteiger partial charge < -0.3 is 34.0 Å². The summed E-state index contributed by atoms with van der Waals surface area (Å²) < 4.78 is 26.7. The summed E-state index contributed by atoms with van der Waals surface area (Å²) in [5.74, 6) is -1.38. The molecule has 2 N–H and O–H groups in total. The second-order valence-electron chi connectivity index (χ2n) is 9.59. The number of benzene rings is 2. The zero-order valence-electron chi connectivity index (χ0n) is 24.3. The molecular formula is C31H35N3O9. The van der Waals surface area contributed by atoms with Gasteiger partial charge in [0, 0.05) is 18.8 Å². The van der Waals surface area contributed by atoms with Gasteiger partial charge in [0.1, 0.15) is 6.04 Å². The van der Waals surface area contributed by atoms with Gasteiger partial charge in [0.25, 0.3) is 5.91 Å². The molecule has 1 saturated heterocycles. The first-order valence-corrected chi connectivity index (χ1v) is 13.9. The zero-order valence-corrected chi connectivity index (χ0v) is 24.3. The number of methoxy groups -OCH3 is 2. The van der Waals surface area contributed by atoms with E-state index in [-0.39, 0.29) is 30.6 Å². The number of nitrogens with one attached hydrogen (secondary N) is 2. The molecule has 4 rings (SSSR count). The molecule has 2 atom stereocenters. The summed E-state index contributed by atoms with van der Waals surface area (Å²) in [7, 11) is 2.96. The Morgan fingerprint density at radius 1 is 1.00 bits per heavy atom. The number of nitrogens with zero attached hydrogens (tertiary/aromatic N) is 1. The van der Waals surface area contributed by atoms with Crippen LogP contribution in [0, 0.1) is 0 Å². The van der Waals surface area contributed by atoms with E-state index in [2.05, 4.69) is 10.6 Å². The van der Waals surface area contributed by atoms with Crippen LogP contribution < -0.4 is 25.0 Å². The standard InChI is InChI=1S/C31H35N3O9/c1-4-41-31(38)20-9-12-22(13-10-20)34(27(35)19-33-29(36)25-8-6-16-43-25)28(30(37)32-18-23-7-5-15-42-23)21-11-14-24(39-2)26(17-21)40-3/h6,8-14,16-17,23,28H,4-5,7,15,18-19H2,1-3H3,(H,32,37)(H,33,36)/t23-,28+/m0/s1. The number of hydrogen-bond acceptors (Lipinski definition) is 9. The van der Waals surface area contributed by atoms with E-state index in [4.69, 9.17) is 23.4 Å². The van der Waals surface area contributed by atoms with Gasteiger partial charge in [0.05, 0.1) is 45.3 Å². The Morgan fingerprint density at radius 3 is 2.40 bits per heavy atom. The van der Waals surface area contributed by atoms with Gasteiger partial charge in [-0.1, -0.05) is 6.07 Å². The fourth-order valence-electron chi connectivity index (χ4n) is 4.70. The fourth-order valence-corrected chi connectivity index (χ4v) is 4.70. The number of amides is 3. The average Bonchev–Trinajstić information content (AvgIpc) is 3.76. The van der Waals surface area contributed by atoms with Crippen molar-refractivity contribution in [2.45, 2.75) is 31.9 Å². The Labute approximate surface area is 249 Å². The van der Waals surface area contributed by atoms with Gasteiger partial charge >= 0.3 is 5.97 Å². The summed E-state index contributed by atoms with van der Waals surface area (Å²) >= 11 is 0. The van der Waals surface area contributed by atoms with Gasteiger partial charge in [-0.25, -0.2) is 4.79 Å².